The maximum atomic E-state index is 13.3. The van der Waals surface area contributed by atoms with Crippen LogP contribution in [-0.2, 0) is 4.74 Å². The Hall–Kier alpha value is -1.21. The van der Waals surface area contributed by atoms with Crippen molar-refractivity contribution in [1.82, 2.24) is 9.80 Å². The molecule has 3 fully saturated rings. The quantitative estimate of drug-likeness (QED) is 0.881. The van der Waals surface area contributed by atoms with Crippen molar-refractivity contribution in [2.45, 2.75) is 38.0 Å². The van der Waals surface area contributed by atoms with Crippen molar-refractivity contribution < 1.29 is 14.2 Å². The van der Waals surface area contributed by atoms with Crippen molar-refractivity contribution in [2.24, 2.45) is 0 Å². The number of morpholine rings is 1. The minimum absolute atomic E-state index is 0.165. The summed E-state index contributed by atoms with van der Waals surface area (Å²) in [5.74, 6) is -0.165. The molecular weight excluding hydrogens is 333 g/mol. The molecule has 3 heterocycles. The zero-order valence-corrected chi connectivity index (χ0v) is 15.6. The summed E-state index contributed by atoms with van der Waals surface area (Å²) < 4.78 is 18.8. The van der Waals surface area contributed by atoms with Gasteiger partial charge in [-0.1, -0.05) is 0 Å². The largest absolute Gasteiger partial charge is 0.390 e. The maximum Gasteiger partial charge on any atom is 0.123 e. The lowest BCUT2D eigenvalue weighted by molar-refractivity contribution is -0.00629. The number of anilines is 1. The van der Waals surface area contributed by atoms with Gasteiger partial charge in [-0.15, -0.1) is 0 Å². The molecule has 3 aliphatic rings. The smallest absolute Gasteiger partial charge is 0.123 e. The molecule has 0 radical (unpaired) electrons. The van der Waals surface area contributed by atoms with Gasteiger partial charge in [0.1, 0.15) is 5.82 Å². The van der Waals surface area contributed by atoms with Crippen molar-refractivity contribution in [3.8, 4) is 0 Å². The summed E-state index contributed by atoms with van der Waals surface area (Å²) in [7, 11) is 0. The molecule has 26 heavy (non-hydrogen) atoms. The van der Waals surface area contributed by atoms with Crippen molar-refractivity contribution in [3.63, 3.8) is 0 Å². The summed E-state index contributed by atoms with van der Waals surface area (Å²) in [6.45, 7) is 9.11. The van der Waals surface area contributed by atoms with Crippen molar-refractivity contribution in [1.29, 1.82) is 0 Å². The number of rotatable bonds is 3. The number of aliphatic hydroxyl groups is 1. The third kappa shape index (κ3) is 3.74. The first-order chi connectivity index (χ1) is 12.6. The topological polar surface area (TPSA) is 39.2 Å². The van der Waals surface area contributed by atoms with Gasteiger partial charge >= 0.3 is 0 Å². The molecule has 3 aliphatic heterocycles. The van der Waals surface area contributed by atoms with Crippen molar-refractivity contribution in [2.75, 3.05) is 57.4 Å². The second-order valence-corrected chi connectivity index (χ2v) is 7.89. The van der Waals surface area contributed by atoms with Gasteiger partial charge < -0.3 is 14.7 Å². The summed E-state index contributed by atoms with van der Waals surface area (Å²) >= 11 is 0. The van der Waals surface area contributed by atoms with Gasteiger partial charge in [0.05, 0.1) is 19.3 Å². The Morgan fingerprint density at radius 1 is 1.04 bits per heavy atom. The highest BCUT2D eigenvalue weighted by Gasteiger charge is 2.39. The zero-order chi connectivity index (χ0) is 18.1. The van der Waals surface area contributed by atoms with E-state index >= 15 is 0 Å². The SMILES string of the molecule is Cc1cc(F)ccc1N1CCC(N2C[C@H](O)[C@@H](N3CCOCC3)C2)CC1. The number of aryl methyl sites for hydroxylation is 1. The average Bonchev–Trinajstić information content (AvgIpc) is 3.04. The predicted molar refractivity (Wildman–Crippen MR) is 100 cm³/mol. The highest BCUT2D eigenvalue weighted by Crippen LogP contribution is 2.28. The molecule has 0 aromatic heterocycles. The predicted octanol–water partition coefficient (Wildman–Crippen LogP) is 1.48. The average molecular weight is 363 g/mol. The molecule has 0 bridgehead atoms. The molecule has 1 N–H and O–H groups in total. The standard InChI is InChI=1S/C20H30FN3O2/c1-15-12-16(21)2-3-18(15)22-6-4-17(5-7-22)24-13-19(20(25)14-24)23-8-10-26-11-9-23/h2-3,12,17,19-20,25H,4-11,13-14H2,1H3/t19-,20-/m0/s1. The van der Waals surface area contributed by atoms with Gasteiger partial charge in [0.25, 0.3) is 0 Å². The van der Waals surface area contributed by atoms with E-state index in [1.807, 2.05) is 13.0 Å². The summed E-state index contributed by atoms with van der Waals surface area (Å²) in [6.07, 6.45) is 1.93. The molecule has 0 spiro atoms. The Balaban J connectivity index is 1.33. The van der Waals surface area contributed by atoms with E-state index in [4.69, 9.17) is 4.74 Å². The number of hydrogen-bond acceptors (Lipinski definition) is 5. The molecule has 0 amide bonds. The van der Waals surface area contributed by atoms with Gasteiger partial charge in [0, 0.05) is 57.0 Å². The molecule has 5 nitrogen and oxygen atoms in total. The molecule has 6 heteroatoms. The Morgan fingerprint density at radius 2 is 1.77 bits per heavy atom. The second kappa shape index (κ2) is 7.80. The third-order valence-electron chi connectivity index (χ3n) is 6.28. The lowest BCUT2D eigenvalue weighted by atomic mass is 10.0. The summed E-state index contributed by atoms with van der Waals surface area (Å²) in [5, 5.41) is 10.6. The first kappa shape index (κ1) is 18.2. The Morgan fingerprint density at radius 3 is 2.46 bits per heavy atom. The van der Waals surface area contributed by atoms with E-state index in [0.717, 1.165) is 76.6 Å². The van der Waals surface area contributed by atoms with Crippen molar-refractivity contribution in [3.05, 3.63) is 29.6 Å². The number of ether oxygens (including phenoxy) is 1. The van der Waals surface area contributed by atoms with Crippen LogP contribution in [0.15, 0.2) is 18.2 Å². The minimum Gasteiger partial charge on any atom is -0.390 e. The van der Waals surface area contributed by atoms with E-state index in [0.29, 0.717) is 6.04 Å². The Bertz CT molecular complexity index is 615. The summed E-state index contributed by atoms with van der Waals surface area (Å²) in [5.41, 5.74) is 2.16. The first-order valence-electron chi connectivity index (χ1n) is 9.87. The minimum atomic E-state index is -0.259. The normalized spacial score (nSPS) is 29.4. The number of β-amino-alcohol motifs (C(OH)–C–C–N with tert-alkyl or cyclic N) is 1. The van der Waals surface area contributed by atoms with Gasteiger partial charge in [0.2, 0.25) is 0 Å². The fraction of sp³-hybridized carbons (Fsp3) is 0.700. The summed E-state index contributed by atoms with van der Waals surface area (Å²) in [6, 6.07) is 5.85. The lowest BCUT2D eigenvalue weighted by Gasteiger charge is -2.39. The molecule has 0 saturated carbocycles. The van der Waals surface area contributed by atoms with Crippen LogP contribution in [0.2, 0.25) is 0 Å². The van der Waals surface area contributed by atoms with Gasteiger partial charge in [-0.2, -0.15) is 0 Å². The molecule has 144 valence electrons. The fourth-order valence-electron chi connectivity index (χ4n) is 4.81. The van der Waals surface area contributed by atoms with Crippen LogP contribution in [0.1, 0.15) is 18.4 Å². The maximum absolute atomic E-state index is 13.3. The van der Waals surface area contributed by atoms with Crippen LogP contribution < -0.4 is 4.90 Å². The van der Waals surface area contributed by atoms with Gasteiger partial charge in [0.15, 0.2) is 0 Å². The van der Waals surface area contributed by atoms with E-state index in [1.165, 1.54) is 0 Å². The van der Waals surface area contributed by atoms with Crippen LogP contribution in [0.25, 0.3) is 0 Å². The number of halogens is 1. The number of piperidine rings is 1. The van der Waals surface area contributed by atoms with E-state index < -0.39 is 0 Å². The molecular formula is C20H30FN3O2. The van der Waals surface area contributed by atoms with E-state index in [9.17, 15) is 9.50 Å². The van der Waals surface area contributed by atoms with Crippen LogP contribution in [0, 0.1) is 12.7 Å². The number of nitrogens with zero attached hydrogens (tertiary/aromatic N) is 3. The molecule has 3 saturated heterocycles. The van der Waals surface area contributed by atoms with Crippen LogP contribution in [-0.4, -0.2) is 85.6 Å². The molecule has 0 unspecified atom stereocenters. The van der Waals surface area contributed by atoms with Crippen LogP contribution in [0.3, 0.4) is 0 Å². The van der Waals surface area contributed by atoms with E-state index in [-0.39, 0.29) is 18.0 Å². The lowest BCUT2D eigenvalue weighted by Crippen LogP contribution is -2.49. The highest BCUT2D eigenvalue weighted by molar-refractivity contribution is 5.53. The monoisotopic (exact) mass is 363 g/mol. The van der Waals surface area contributed by atoms with Crippen LogP contribution in [0.5, 0.6) is 0 Å². The molecule has 2 atom stereocenters. The number of benzene rings is 1. The van der Waals surface area contributed by atoms with Crippen LogP contribution >= 0.6 is 0 Å². The van der Waals surface area contributed by atoms with Gasteiger partial charge in [-0.25, -0.2) is 4.39 Å². The van der Waals surface area contributed by atoms with Gasteiger partial charge in [-0.3, -0.25) is 9.80 Å². The summed E-state index contributed by atoms with van der Waals surface area (Å²) in [4.78, 5) is 7.25. The highest BCUT2D eigenvalue weighted by atomic mass is 19.1. The number of hydrogen-bond donors (Lipinski definition) is 1. The van der Waals surface area contributed by atoms with E-state index in [1.54, 1.807) is 12.1 Å². The van der Waals surface area contributed by atoms with Gasteiger partial charge in [-0.05, 0) is 43.5 Å². The number of aliphatic hydroxyl groups excluding tert-OH is 1. The van der Waals surface area contributed by atoms with Crippen LogP contribution in [0.4, 0.5) is 10.1 Å². The molecule has 1 aromatic carbocycles. The zero-order valence-electron chi connectivity index (χ0n) is 15.6. The molecule has 0 aliphatic carbocycles. The molecule has 4 rings (SSSR count). The third-order valence-corrected chi connectivity index (χ3v) is 6.28. The fourth-order valence-corrected chi connectivity index (χ4v) is 4.81. The molecule has 1 aromatic rings. The number of likely N-dealkylation sites (tertiary alicyclic amines) is 1. The van der Waals surface area contributed by atoms with E-state index in [2.05, 4.69) is 14.7 Å². The second-order valence-electron chi connectivity index (χ2n) is 7.89. The Kier molecular flexibility index (Phi) is 5.45. The first-order valence-corrected chi connectivity index (χ1v) is 9.87. The van der Waals surface area contributed by atoms with Crippen molar-refractivity contribution >= 4 is 5.69 Å². The Labute approximate surface area is 155 Å².